The Hall–Kier alpha value is -1.10. The van der Waals surface area contributed by atoms with E-state index in [0.717, 1.165) is 5.56 Å². The topological polar surface area (TPSA) is 39.4 Å². The van der Waals surface area contributed by atoms with Gasteiger partial charge in [0.25, 0.3) is 8.32 Å². The molecular formula is C8H15N3OSi. The van der Waals surface area contributed by atoms with Crippen LogP contribution in [-0.2, 0) is 11.6 Å². The maximum atomic E-state index is 5.31. The zero-order valence-corrected chi connectivity index (χ0v) is 9.48. The first-order chi connectivity index (χ1) is 5.97. The van der Waals surface area contributed by atoms with Crippen molar-refractivity contribution >= 4 is 14.5 Å². The standard InChI is InChI=1S/C8H15N3OSi/c1-11-7-8(5-9-11)6-10-12-13(2,3)4/h5-7H,1-4H3/b10-6+. The van der Waals surface area contributed by atoms with Crippen LogP contribution in [0.1, 0.15) is 5.56 Å². The zero-order chi connectivity index (χ0) is 9.90. The van der Waals surface area contributed by atoms with E-state index >= 15 is 0 Å². The van der Waals surface area contributed by atoms with Crippen molar-refractivity contribution in [3.8, 4) is 0 Å². The Bertz CT molecular complexity index is 301. The van der Waals surface area contributed by atoms with E-state index in [2.05, 4.69) is 29.9 Å². The third kappa shape index (κ3) is 3.89. The lowest BCUT2D eigenvalue weighted by Gasteiger charge is -2.11. The Morgan fingerprint density at radius 2 is 2.23 bits per heavy atom. The average Bonchev–Trinajstić information content (AvgIpc) is 2.33. The van der Waals surface area contributed by atoms with Gasteiger partial charge in [-0.25, -0.2) is 0 Å². The fraction of sp³-hybridized carbons (Fsp3) is 0.500. The molecule has 0 N–H and O–H groups in total. The van der Waals surface area contributed by atoms with Crippen LogP contribution >= 0.6 is 0 Å². The number of hydrogen-bond donors (Lipinski definition) is 0. The Labute approximate surface area is 79.3 Å². The molecule has 1 aromatic rings. The van der Waals surface area contributed by atoms with Crippen LogP contribution in [0.15, 0.2) is 17.5 Å². The normalized spacial score (nSPS) is 12.3. The molecule has 0 saturated heterocycles. The van der Waals surface area contributed by atoms with Gasteiger partial charge in [-0.15, -0.1) is 5.16 Å². The SMILES string of the molecule is Cn1cc(/C=N/O[Si](C)(C)C)cn1. The quantitative estimate of drug-likeness (QED) is 0.419. The highest BCUT2D eigenvalue weighted by Gasteiger charge is 2.15. The smallest absolute Gasteiger partial charge is 0.278 e. The predicted molar refractivity (Wildman–Crippen MR) is 55.2 cm³/mol. The molecule has 72 valence electrons. The first kappa shape index (κ1) is 9.98. The molecule has 4 nitrogen and oxygen atoms in total. The van der Waals surface area contributed by atoms with Crippen LogP contribution in [0.2, 0.25) is 19.6 Å². The number of aromatic nitrogens is 2. The average molecular weight is 197 g/mol. The predicted octanol–water partition coefficient (Wildman–Crippen LogP) is 1.61. The molecule has 0 atom stereocenters. The van der Waals surface area contributed by atoms with E-state index < -0.39 is 8.32 Å². The Morgan fingerprint density at radius 1 is 1.54 bits per heavy atom. The van der Waals surface area contributed by atoms with Crippen molar-refractivity contribution in [3.05, 3.63) is 18.0 Å². The summed E-state index contributed by atoms with van der Waals surface area (Å²) in [4.78, 5) is 0. The van der Waals surface area contributed by atoms with Gasteiger partial charge in [0.15, 0.2) is 0 Å². The monoisotopic (exact) mass is 197 g/mol. The third-order valence-electron chi connectivity index (χ3n) is 1.25. The van der Waals surface area contributed by atoms with Gasteiger partial charge in [0, 0.05) is 18.8 Å². The largest absolute Gasteiger partial charge is 0.456 e. The van der Waals surface area contributed by atoms with Gasteiger partial charge in [-0.1, -0.05) is 0 Å². The second kappa shape index (κ2) is 3.74. The molecule has 1 heterocycles. The van der Waals surface area contributed by atoms with Gasteiger partial charge >= 0.3 is 0 Å². The van der Waals surface area contributed by atoms with Gasteiger partial charge in [0.05, 0.1) is 12.4 Å². The highest BCUT2D eigenvalue weighted by atomic mass is 28.4. The maximum absolute atomic E-state index is 5.31. The fourth-order valence-electron chi connectivity index (χ4n) is 0.752. The van der Waals surface area contributed by atoms with Gasteiger partial charge in [0.2, 0.25) is 0 Å². The van der Waals surface area contributed by atoms with E-state index in [9.17, 15) is 0 Å². The van der Waals surface area contributed by atoms with E-state index in [4.69, 9.17) is 4.53 Å². The van der Waals surface area contributed by atoms with E-state index in [1.54, 1.807) is 17.1 Å². The van der Waals surface area contributed by atoms with Crippen LogP contribution in [0, 0.1) is 0 Å². The van der Waals surface area contributed by atoms with Crippen molar-refractivity contribution < 1.29 is 4.53 Å². The molecule has 0 aliphatic rings. The zero-order valence-electron chi connectivity index (χ0n) is 8.48. The number of oxime groups is 1. The Kier molecular flexibility index (Phi) is 2.87. The molecule has 0 aliphatic heterocycles. The van der Waals surface area contributed by atoms with Gasteiger partial charge in [0.1, 0.15) is 0 Å². The minimum Gasteiger partial charge on any atom is -0.456 e. The number of rotatable bonds is 3. The molecular weight excluding hydrogens is 182 g/mol. The lowest BCUT2D eigenvalue weighted by Crippen LogP contribution is -2.22. The Morgan fingerprint density at radius 3 is 2.69 bits per heavy atom. The van der Waals surface area contributed by atoms with Gasteiger partial charge < -0.3 is 4.53 Å². The molecule has 0 aliphatic carbocycles. The van der Waals surface area contributed by atoms with Crippen molar-refractivity contribution in [3.63, 3.8) is 0 Å². The fourth-order valence-corrected chi connectivity index (χ4v) is 1.12. The minimum atomic E-state index is -1.53. The van der Waals surface area contributed by atoms with E-state index in [1.165, 1.54) is 0 Å². The van der Waals surface area contributed by atoms with Crippen LogP contribution in [0.4, 0.5) is 0 Å². The van der Waals surface area contributed by atoms with Crippen molar-refractivity contribution in [1.29, 1.82) is 0 Å². The molecule has 1 rings (SSSR count). The minimum absolute atomic E-state index is 0.959. The lowest BCUT2D eigenvalue weighted by atomic mass is 10.4. The van der Waals surface area contributed by atoms with Gasteiger partial charge in [-0.2, -0.15) is 5.10 Å². The number of nitrogens with zero attached hydrogens (tertiary/aromatic N) is 3. The molecule has 0 bridgehead atoms. The summed E-state index contributed by atoms with van der Waals surface area (Å²) >= 11 is 0. The van der Waals surface area contributed by atoms with E-state index in [-0.39, 0.29) is 0 Å². The molecule has 0 spiro atoms. The summed E-state index contributed by atoms with van der Waals surface area (Å²) in [6.45, 7) is 6.27. The van der Waals surface area contributed by atoms with Crippen LogP contribution in [-0.4, -0.2) is 24.3 Å². The first-order valence-electron chi connectivity index (χ1n) is 4.17. The lowest BCUT2D eigenvalue weighted by molar-refractivity contribution is 0.338. The second-order valence-electron chi connectivity index (χ2n) is 3.89. The van der Waals surface area contributed by atoms with E-state index in [1.807, 2.05) is 13.2 Å². The Balaban J connectivity index is 2.50. The molecule has 1 aromatic heterocycles. The maximum Gasteiger partial charge on any atom is 0.278 e. The summed E-state index contributed by atoms with van der Waals surface area (Å²) in [6, 6.07) is 0. The van der Waals surface area contributed by atoms with Crippen molar-refractivity contribution in [2.75, 3.05) is 0 Å². The molecule has 0 aromatic carbocycles. The summed E-state index contributed by atoms with van der Waals surface area (Å²) in [5, 5.41) is 7.92. The molecule has 0 saturated carbocycles. The first-order valence-corrected chi connectivity index (χ1v) is 7.58. The third-order valence-corrected chi connectivity index (χ3v) is 1.91. The molecule has 5 heteroatoms. The van der Waals surface area contributed by atoms with Crippen LogP contribution in [0.25, 0.3) is 0 Å². The molecule has 0 fully saturated rings. The molecule has 13 heavy (non-hydrogen) atoms. The van der Waals surface area contributed by atoms with Gasteiger partial charge in [-0.05, 0) is 19.6 Å². The van der Waals surface area contributed by atoms with Gasteiger partial charge in [-0.3, -0.25) is 4.68 Å². The van der Waals surface area contributed by atoms with E-state index in [0.29, 0.717) is 0 Å². The summed E-state index contributed by atoms with van der Waals surface area (Å²) in [7, 11) is 0.342. The molecule has 0 amide bonds. The molecule has 0 unspecified atom stereocenters. The van der Waals surface area contributed by atoms with Crippen LogP contribution in [0.3, 0.4) is 0 Å². The van der Waals surface area contributed by atoms with Crippen molar-refractivity contribution in [2.45, 2.75) is 19.6 Å². The summed E-state index contributed by atoms with van der Waals surface area (Å²) < 4.78 is 7.05. The van der Waals surface area contributed by atoms with Crippen molar-refractivity contribution in [1.82, 2.24) is 9.78 Å². The summed E-state index contributed by atoms with van der Waals surface area (Å²) in [6.07, 6.45) is 5.32. The summed E-state index contributed by atoms with van der Waals surface area (Å²) in [5.74, 6) is 0. The highest BCUT2D eigenvalue weighted by molar-refractivity contribution is 6.69. The van der Waals surface area contributed by atoms with Crippen LogP contribution in [0.5, 0.6) is 0 Å². The van der Waals surface area contributed by atoms with Crippen LogP contribution < -0.4 is 0 Å². The van der Waals surface area contributed by atoms with Crippen molar-refractivity contribution in [2.24, 2.45) is 12.2 Å². The molecule has 0 radical (unpaired) electrons. The summed E-state index contributed by atoms with van der Waals surface area (Å²) in [5.41, 5.74) is 0.959. The second-order valence-corrected chi connectivity index (χ2v) is 8.29. The number of hydrogen-bond acceptors (Lipinski definition) is 3. The number of aryl methyl sites for hydroxylation is 1. The highest BCUT2D eigenvalue weighted by Crippen LogP contribution is 2.02.